The number of methoxy groups -OCH3 is 1. The lowest BCUT2D eigenvalue weighted by Crippen LogP contribution is -2.36. The van der Waals surface area contributed by atoms with Gasteiger partial charge in [-0.2, -0.15) is 0 Å². The van der Waals surface area contributed by atoms with Crippen LogP contribution in [0.2, 0.25) is 0 Å². The zero-order valence-electron chi connectivity index (χ0n) is 15.2. The Morgan fingerprint density at radius 1 is 1.08 bits per heavy atom. The van der Waals surface area contributed by atoms with E-state index >= 15 is 0 Å². The molecule has 1 fully saturated rings. The molecule has 0 amide bonds. The van der Waals surface area contributed by atoms with Crippen LogP contribution < -0.4 is 9.47 Å². The standard InChI is InChI=1S/C21H26FNO3/c1-24-21-9-4-17(3-2-10-23-11-13-25-14-12-23)15-18(21)16-26-20-7-5-19(22)6-8-20/h4-9,15H,2-3,10-14,16H2,1H3. The predicted molar refractivity (Wildman–Crippen MR) is 99.3 cm³/mol. The SMILES string of the molecule is COc1ccc(CCCN2CCOCC2)cc1COc1ccc(F)cc1. The van der Waals surface area contributed by atoms with Crippen LogP contribution in [0.5, 0.6) is 11.5 Å². The Morgan fingerprint density at radius 3 is 2.58 bits per heavy atom. The van der Waals surface area contributed by atoms with Gasteiger partial charge < -0.3 is 14.2 Å². The van der Waals surface area contributed by atoms with Gasteiger partial charge >= 0.3 is 0 Å². The van der Waals surface area contributed by atoms with E-state index in [0.717, 1.165) is 57.0 Å². The van der Waals surface area contributed by atoms with Crippen molar-refractivity contribution in [2.75, 3.05) is 40.0 Å². The van der Waals surface area contributed by atoms with Gasteiger partial charge in [0.1, 0.15) is 23.9 Å². The smallest absolute Gasteiger partial charge is 0.125 e. The van der Waals surface area contributed by atoms with Crippen molar-refractivity contribution in [2.24, 2.45) is 0 Å². The molecule has 0 aromatic heterocycles. The average molecular weight is 359 g/mol. The minimum Gasteiger partial charge on any atom is -0.496 e. The molecule has 1 saturated heterocycles. The van der Waals surface area contributed by atoms with Crippen LogP contribution in [0, 0.1) is 5.82 Å². The van der Waals surface area contributed by atoms with Crippen molar-refractivity contribution in [3.63, 3.8) is 0 Å². The first-order chi connectivity index (χ1) is 12.7. The van der Waals surface area contributed by atoms with E-state index in [9.17, 15) is 4.39 Å². The molecule has 1 aliphatic heterocycles. The molecule has 26 heavy (non-hydrogen) atoms. The molecular formula is C21H26FNO3. The first-order valence-electron chi connectivity index (χ1n) is 9.09. The molecule has 0 spiro atoms. The van der Waals surface area contributed by atoms with Gasteiger partial charge in [-0.1, -0.05) is 6.07 Å². The molecule has 2 aromatic carbocycles. The summed E-state index contributed by atoms with van der Waals surface area (Å²) in [4.78, 5) is 2.45. The molecule has 0 unspecified atom stereocenters. The number of morpholine rings is 1. The molecule has 4 nitrogen and oxygen atoms in total. The first-order valence-corrected chi connectivity index (χ1v) is 9.09. The number of rotatable bonds is 8. The second-order valence-electron chi connectivity index (χ2n) is 6.45. The van der Waals surface area contributed by atoms with Gasteiger partial charge in [0.2, 0.25) is 0 Å². The lowest BCUT2D eigenvalue weighted by atomic mass is 10.1. The molecule has 140 valence electrons. The summed E-state index contributed by atoms with van der Waals surface area (Å²) in [5.41, 5.74) is 2.28. The van der Waals surface area contributed by atoms with Crippen LogP contribution in [0.25, 0.3) is 0 Å². The molecule has 2 aromatic rings. The van der Waals surface area contributed by atoms with Gasteiger partial charge in [-0.15, -0.1) is 0 Å². The Labute approximate surface area is 154 Å². The van der Waals surface area contributed by atoms with Gasteiger partial charge in [0.15, 0.2) is 0 Å². The fourth-order valence-electron chi connectivity index (χ4n) is 3.12. The predicted octanol–water partition coefficient (Wildman–Crippen LogP) is 3.68. The molecule has 1 aliphatic rings. The molecule has 0 radical (unpaired) electrons. The maximum absolute atomic E-state index is 13.0. The summed E-state index contributed by atoms with van der Waals surface area (Å²) >= 11 is 0. The second kappa shape index (κ2) is 9.55. The normalized spacial score (nSPS) is 15.0. The molecule has 5 heteroatoms. The van der Waals surface area contributed by atoms with Crippen molar-refractivity contribution in [2.45, 2.75) is 19.4 Å². The number of hydrogen-bond donors (Lipinski definition) is 0. The number of nitrogens with zero attached hydrogens (tertiary/aromatic N) is 1. The van der Waals surface area contributed by atoms with Crippen molar-refractivity contribution < 1.29 is 18.6 Å². The highest BCUT2D eigenvalue weighted by Crippen LogP contribution is 2.23. The second-order valence-corrected chi connectivity index (χ2v) is 6.45. The highest BCUT2D eigenvalue weighted by atomic mass is 19.1. The number of ether oxygens (including phenoxy) is 3. The summed E-state index contributed by atoms with van der Waals surface area (Å²) in [6.07, 6.45) is 2.13. The van der Waals surface area contributed by atoms with Crippen molar-refractivity contribution in [1.82, 2.24) is 4.90 Å². The van der Waals surface area contributed by atoms with Gasteiger partial charge in [-0.25, -0.2) is 4.39 Å². The lowest BCUT2D eigenvalue weighted by molar-refractivity contribution is 0.0374. The van der Waals surface area contributed by atoms with Crippen LogP contribution in [-0.2, 0) is 17.8 Å². The van der Waals surface area contributed by atoms with Crippen molar-refractivity contribution in [3.8, 4) is 11.5 Å². The van der Waals surface area contributed by atoms with Gasteiger partial charge in [0.05, 0.1) is 20.3 Å². The van der Waals surface area contributed by atoms with Crippen LogP contribution in [0.3, 0.4) is 0 Å². The quantitative estimate of drug-likeness (QED) is 0.719. The van der Waals surface area contributed by atoms with Crippen molar-refractivity contribution in [3.05, 3.63) is 59.4 Å². The van der Waals surface area contributed by atoms with E-state index in [4.69, 9.17) is 14.2 Å². The topological polar surface area (TPSA) is 30.9 Å². The first kappa shape index (κ1) is 18.7. The van der Waals surface area contributed by atoms with E-state index in [-0.39, 0.29) is 5.82 Å². The van der Waals surface area contributed by atoms with E-state index in [0.29, 0.717) is 12.4 Å². The summed E-state index contributed by atoms with van der Waals surface area (Å²) in [5, 5.41) is 0. The summed E-state index contributed by atoms with van der Waals surface area (Å²) in [6, 6.07) is 12.3. The molecule has 0 atom stereocenters. The van der Waals surface area contributed by atoms with E-state index in [1.165, 1.54) is 17.7 Å². The largest absolute Gasteiger partial charge is 0.496 e. The number of benzene rings is 2. The van der Waals surface area contributed by atoms with Crippen molar-refractivity contribution in [1.29, 1.82) is 0 Å². The Morgan fingerprint density at radius 2 is 1.85 bits per heavy atom. The summed E-state index contributed by atoms with van der Waals surface area (Å²) in [6.45, 7) is 5.22. The van der Waals surface area contributed by atoms with Crippen LogP contribution in [0.15, 0.2) is 42.5 Å². The van der Waals surface area contributed by atoms with Crippen molar-refractivity contribution >= 4 is 0 Å². The Hall–Kier alpha value is -2.11. The highest BCUT2D eigenvalue weighted by molar-refractivity contribution is 5.37. The molecule has 0 bridgehead atoms. The Kier molecular flexibility index (Phi) is 6.86. The van der Waals surface area contributed by atoms with Gasteiger partial charge in [-0.3, -0.25) is 4.90 Å². The number of halogens is 1. The van der Waals surface area contributed by atoms with E-state index in [1.807, 2.05) is 6.07 Å². The van der Waals surface area contributed by atoms with Gasteiger partial charge in [-0.05, 0) is 61.3 Å². The summed E-state index contributed by atoms with van der Waals surface area (Å²) in [7, 11) is 1.66. The Bertz CT molecular complexity index is 684. The summed E-state index contributed by atoms with van der Waals surface area (Å²) in [5.74, 6) is 1.19. The zero-order chi connectivity index (χ0) is 18.2. The molecule has 3 rings (SSSR count). The van der Waals surface area contributed by atoms with Crippen LogP contribution in [0.4, 0.5) is 4.39 Å². The molecular weight excluding hydrogens is 333 g/mol. The van der Waals surface area contributed by atoms with Gasteiger partial charge in [0, 0.05) is 18.7 Å². The minimum absolute atomic E-state index is 0.266. The molecule has 0 aliphatic carbocycles. The number of aryl methyl sites for hydroxylation is 1. The average Bonchev–Trinajstić information content (AvgIpc) is 2.68. The lowest BCUT2D eigenvalue weighted by Gasteiger charge is -2.26. The third-order valence-electron chi connectivity index (χ3n) is 4.60. The van der Waals surface area contributed by atoms with Crippen LogP contribution in [-0.4, -0.2) is 44.9 Å². The van der Waals surface area contributed by atoms with E-state index < -0.39 is 0 Å². The third-order valence-corrected chi connectivity index (χ3v) is 4.60. The Balaban J connectivity index is 1.55. The maximum Gasteiger partial charge on any atom is 0.125 e. The fraction of sp³-hybridized carbons (Fsp3) is 0.429. The maximum atomic E-state index is 13.0. The monoisotopic (exact) mass is 359 g/mol. The van der Waals surface area contributed by atoms with Gasteiger partial charge in [0.25, 0.3) is 0 Å². The fourth-order valence-corrected chi connectivity index (χ4v) is 3.12. The minimum atomic E-state index is -0.266. The molecule has 1 heterocycles. The molecule has 0 saturated carbocycles. The highest BCUT2D eigenvalue weighted by Gasteiger charge is 2.10. The number of hydrogen-bond acceptors (Lipinski definition) is 4. The van der Waals surface area contributed by atoms with E-state index in [1.54, 1.807) is 19.2 Å². The zero-order valence-corrected chi connectivity index (χ0v) is 15.2. The molecule has 0 N–H and O–H groups in total. The van der Waals surface area contributed by atoms with Crippen LogP contribution in [0.1, 0.15) is 17.5 Å². The third kappa shape index (κ3) is 5.44. The van der Waals surface area contributed by atoms with Crippen LogP contribution >= 0.6 is 0 Å². The van der Waals surface area contributed by atoms with E-state index in [2.05, 4.69) is 17.0 Å². The summed E-state index contributed by atoms with van der Waals surface area (Å²) < 4.78 is 29.6.